The zero-order valence-electron chi connectivity index (χ0n) is 76.1. The van der Waals surface area contributed by atoms with Crippen LogP contribution in [0.5, 0.6) is 46.0 Å². The molecule has 0 unspecified atom stereocenters. The van der Waals surface area contributed by atoms with Crippen LogP contribution in [0.3, 0.4) is 0 Å². The average Bonchev–Trinajstić information content (AvgIpc) is 1.60. The van der Waals surface area contributed by atoms with E-state index >= 15 is 0 Å². The molecule has 0 spiro atoms. The number of fused-ring (bicyclic) bond motifs is 27. The first-order valence-electron chi connectivity index (χ1n) is 45.3. The molecule has 28 rings (SSSR count). The van der Waals surface area contributed by atoms with E-state index in [-0.39, 0.29) is 81.7 Å². The van der Waals surface area contributed by atoms with Gasteiger partial charge < -0.3 is 55.8 Å². The molecule has 0 aliphatic rings. The first kappa shape index (κ1) is 93.0. The number of nitrogens with zero attached hydrogens (tertiary/aromatic N) is 15. The van der Waals surface area contributed by atoms with Crippen LogP contribution in [-0.4, -0.2) is 71.8 Å². The molecular formula is C120H73N15O4Pd4. The van der Waals surface area contributed by atoms with E-state index in [2.05, 4.69) is 189 Å². The van der Waals surface area contributed by atoms with Crippen LogP contribution in [-0.2, 0) is 103 Å². The fraction of sp³-hybridized carbons (Fsp3) is 0.0250. The van der Waals surface area contributed by atoms with Crippen LogP contribution in [0, 0.1) is 48.5 Å². The molecule has 12 aromatic heterocycles. The summed E-state index contributed by atoms with van der Waals surface area (Å²) >= 11 is 0. The van der Waals surface area contributed by atoms with Crippen LogP contribution in [0.4, 0.5) is 0 Å². The fourth-order valence-electron chi connectivity index (χ4n) is 18.6. The summed E-state index contributed by atoms with van der Waals surface area (Å²) in [6, 6.07) is 150. The Kier molecular flexibility index (Phi) is 25.8. The molecule has 0 fully saturated rings. The molecule has 23 heteroatoms. The monoisotopic (exact) mass is 2210 g/mol. The topological polar surface area (TPSA) is 181 Å². The number of aryl methyl sites for hydroxylation is 3. The predicted octanol–water partition coefficient (Wildman–Crippen LogP) is 27.8. The summed E-state index contributed by atoms with van der Waals surface area (Å²) in [6.07, 6.45) is 5.36. The maximum Gasteiger partial charge on any atom is 2.00 e. The Labute approximate surface area is 874 Å². The number of rotatable bonds is 13. The summed E-state index contributed by atoms with van der Waals surface area (Å²) < 4.78 is 37.7. The van der Waals surface area contributed by atoms with Crippen molar-refractivity contribution in [1.82, 2.24) is 71.8 Å². The molecular weight excluding hydrogens is 2140 g/mol. The molecule has 16 aromatic carbocycles. The molecule has 0 amide bonds. The van der Waals surface area contributed by atoms with Gasteiger partial charge in [0.1, 0.15) is 0 Å². The van der Waals surface area contributed by atoms with Crippen molar-refractivity contribution in [1.29, 1.82) is 0 Å². The Morgan fingerprint density at radius 1 is 0.196 bits per heavy atom. The largest absolute Gasteiger partial charge is 2.00 e. The maximum absolute atomic E-state index is 6.31. The quantitative estimate of drug-likeness (QED) is 0.0605. The molecule has 0 bridgehead atoms. The van der Waals surface area contributed by atoms with Crippen molar-refractivity contribution >= 4 is 148 Å². The van der Waals surface area contributed by atoms with Gasteiger partial charge in [-0.25, -0.2) is 0 Å². The Morgan fingerprint density at radius 2 is 0.462 bits per heavy atom. The predicted molar refractivity (Wildman–Crippen MR) is 550 cm³/mol. The van der Waals surface area contributed by atoms with E-state index in [1.807, 2.05) is 294 Å². The van der Waals surface area contributed by atoms with Gasteiger partial charge in [0.05, 0.1) is 112 Å². The molecule has 12 heterocycles. The van der Waals surface area contributed by atoms with Crippen LogP contribution < -0.4 is 18.9 Å². The Morgan fingerprint density at radius 3 is 0.804 bits per heavy atom. The number of hydrogen-bond donors (Lipinski definition) is 0. The molecule has 0 radical (unpaired) electrons. The van der Waals surface area contributed by atoms with Crippen LogP contribution in [0.2, 0.25) is 0 Å². The van der Waals surface area contributed by atoms with Gasteiger partial charge in [-0.3, -0.25) is 34.9 Å². The van der Waals surface area contributed by atoms with Gasteiger partial charge in [-0.15, -0.1) is 137 Å². The average molecular weight is 2210 g/mol. The van der Waals surface area contributed by atoms with E-state index in [0.717, 1.165) is 205 Å². The molecule has 0 saturated carbocycles. The van der Waals surface area contributed by atoms with E-state index in [4.69, 9.17) is 53.8 Å². The van der Waals surface area contributed by atoms with Gasteiger partial charge in [0.2, 0.25) is 0 Å². The molecule has 0 aliphatic carbocycles. The van der Waals surface area contributed by atoms with E-state index in [0.29, 0.717) is 46.0 Å². The van der Waals surface area contributed by atoms with Crippen molar-refractivity contribution in [3.63, 3.8) is 0 Å². The second-order valence-electron chi connectivity index (χ2n) is 33.4. The minimum absolute atomic E-state index is 0. The second-order valence-corrected chi connectivity index (χ2v) is 33.4. The first-order valence-corrected chi connectivity index (χ1v) is 45.3. The van der Waals surface area contributed by atoms with Gasteiger partial charge in [0.25, 0.3) is 0 Å². The summed E-state index contributed by atoms with van der Waals surface area (Å²) in [4.78, 5) is 42.8. The van der Waals surface area contributed by atoms with Crippen LogP contribution >= 0.6 is 0 Å². The van der Waals surface area contributed by atoms with Gasteiger partial charge >= 0.3 is 81.7 Å². The Balaban J connectivity index is 0.000000112. The second kappa shape index (κ2) is 39.7. The number of imidazole rings is 6. The normalized spacial score (nSPS) is 11.2. The van der Waals surface area contributed by atoms with Crippen LogP contribution in [0.1, 0.15) is 0 Å². The van der Waals surface area contributed by atoms with Gasteiger partial charge in [0, 0.05) is 96.8 Å². The van der Waals surface area contributed by atoms with Crippen molar-refractivity contribution in [3.8, 4) is 103 Å². The molecule has 19 nitrogen and oxygen atoms in total. The summed E-state index contributed by atoms with van der Waals surface area (Å²) in [5, 5.41) is 8.17. The number of hydrogen-bond acceptors (Lipinski definition) is 13. The van der Waals surface area contributed by atoms with Crippen LogP contribution in [0.15, 0.2) is 389 Å². The van der Waals surface area contributed by atoms with Gasteiger partial charge in [-0.05, 0) is 131 Å². The van der Waals surface area contributed by atoms with Gasteiger partial charge in [-0.2, -0.15) is 0 Å². The van der Waals surface area contributed by atoms with Crippen molar-refractivity contribution in [3.05, 3.63) is 437 Å². The fourth-order valence-corrected chi connectivity index (χ4v) is 18.6. The third-order valence-electron chi connectivity index (χ3n) is 24.9. The minimum atomic E-state index is 0. The van der Waals surface area contributed by atoms with Crippen molar-refractivity contribution in [2.75, 3.05) is 0 Å². The van der Waals surface area contributed by atoms with Gasteiger partial charge in [-0.1, -0.05) is 233 Å². The summed E-state index contributed by atoms with van der Waals surface area (Å²) in [5.41, 5.74) is 24.9. The molecule has 0 N–H and O–H groups in total. The van der Waals surface area contributed by atoms with E-state index < -0.39 is 0 Å². The maximum atomic E-state index is 6.31. The summed E-state index contributed by atoms with van der Waals surface area (Å²) in [7, 11) is 6.05. The van der Waals surface area contributed by atoms with E-state index in [1.54, 1.807) is 12.4 Å². The molecule has 143 heavy (non-hydrogen) atoms. The standard InChI is InChI=1S/C33H20N4O.C32H19N5O.C30H17N3O.C25H17N3O.4Pd/c1-36-30-15-6-3-12-27(30)34-32(36)21-9-8-10-22(19-21)38-23-17-18-24-25-11-2-5-14-29(25)37-31-16-7-4-13-28(31)35-33(37)26(24)20-23;1-36-27-12-4-2-10-25(27)34-31(36)20-8-6-9-21(18-20)38-22-15-16-23-24(19-22)32-35-26-11-3-5-13-28(26)37(32)29-14-7-17-33-30(23)29;1-3-13-28-24(10-1)23-16-15-22(19-25(23)30-32-27-12-2-4-14-29(27)33(28)30)34-21-9-7-8-20(18-21)26-11-5-6-17-31-26;1-28-24-14-3-2-13-23(24)27-25(28)19-9-7-11-21(17-19)29-20-10-6-8-18(16-20)22-12-4-5-15-26-22;;;;/h2-18H,1H3;2-17H,1H3;1-17H;2-15H,1H3;;;;/q4*-2;4*+2. The molecule has 0 saturated heterocycles. The van der Waals surface area contributed by atoms with Crippen molar-refractivity contribution in [2.24, 2.45) is 21.1 Å². The smallest absolute Gasteiger partial charge is 0.497 e. The minimum Gasteiger partial charge on any atom is -0.497 e. The van der Waals surface area contributed by atoms with Crippen LogP contribution in [0.25, 0.3) is 205 Å². The summed E-state index contributed by atoms with van der Waals surface area (Å²) in [5.74, 6) is 7.39. The third kappa shape index (κ3) is 17.5. The Hall–Kier alpha value is -16.4. The van der Waals surface area contributed by atoms with Crippen molar-refractivity contribution < 1.29 is 101 Å². The zero-order chi connectivity index (χ0) is 92.5. The van der Waals surface area contributed by atoms with Gasteiger partial charge in [0.15, 0.2) is 0 Å². The number of pyridine rings is 6. The number of para-hydroxylation sites is 14. The van der Waals surface area contributed by atoms with E-state index in [1.165, 1.54) is 0 Å². The SMILES string of the molecule is Cn1c(-c2[c-]c(Oc3[c-]c(-c4ccccn4)ccc3)ccc2)nc2ccccc21.Cn1c(-c2[c-]c(Oc3[c-]c4c(cc3)c3ccccc3n3c5ccccc5nc43)ccc2)nc2ccccc21.Cn1c(-c2[c-]c(Oc3[c-]c4c(cc3)c3ncccc3n3c5ccccc5nc43)ccc2)nc2ccccc21.[Pd+2].[Pd+2].[Pd+2].[Pd+2].[c-]1c(Oc2[c-]c3c(cc2)c2ccccc2n2c4ccccc4nc32)cccc1-c1ccccn1. The number of aromatic nitrogens is 15. The Bertz CT molecular complexity index is 9410. The van der Waals surface area contributed by atoms with Crippen molar-refractivity contribution in [2.45, 2.75) is 0 Å². The van der Waals surface area contributed by atoms with E-state index in [9.17, 15) is 0 Å². The third-order valence-corrected chi connectivity index (χ3v) is 24.9. The summed E-state index contributed by atoms with van der Waals surface area (Å²) in [6.45, 7) is 0. The number of ether oxygens (including phenoxy) is 4. The molecule has 692 valence electrons. The molecule has 0 aliphatic heterocycles. The first-order chi connectivity index (χ1) is 68.6. The molecule has 0 atom stereocenters. The zero-order valence-corrected chi connectivity index (χ0v) is 82.3. The number of benzene rings is 16. The molecule has 28 aromatic rings.